The molecular formula is C16H24N2O. The Morgan fingerprint density at radius 2 is 2.11 bits per heavy atom. The van der Waals surface area contributed by atoms with Crippen LogP contribution in [0.3, 0.4) is 0 Å². The Bertz CT molecular complexity index is 456. The molecule has 1 N–H and O–H groups in total. The maximum atomic E-state index is 12.1. The molecule has 1 atom stereocenters. The molecule has 19 heavy (non-hydrogen) atoms. The van der Waals surface area contributed by atoms with Crippen LogP contribution < -0.4 is 5.32 Å². The van der Waals surface area contributed by atoms with Crippen molar-refractivity contribution in [2.24, 2.45) is 0 Å². The van der Waals surface area contributed by atoms with Crippen molar-refractivity contribution in [3.05, 3.63) is 29.3 Å². The molecule has 3 heteroatoms. The number of amides is 1. The van der Waals surface area contributed by atoms with Gasteiger partial charge in [0.05, 0.1) is 6.54 Å². The van der Waals surface area contributed by atoms with Crippen molar-refractivity contribution in [2.45, 2.75) is 46.1 Å². The third-order valence-electron chi connectivity index (χ3n) is 4.08. The van der Waals surface area contributed by atoms with E-state index in [0.717, 1.165) is 12.2 Å². The van der Waals surface area contributed by atoms with Gasteiger partial charge in [-0.05, 0) is 63.4 Å². The third kappa shape index (κ3) is 3.80. The van der Waals surface area contributed by atoms with Gasteiger partial charge in [-0.3, -0.25) is 9.69 Å². The van der Waals surface area contributed by atoms with Gasteiger partial charge in [0, 0.05) is 11.7 Å². The predicted octanol–water partition coefficient (Wildman–Crippen LogP) is 3.12. The SMILES string of the molecule is Cc1ccc(NC(=O)CN2CCCC[C@@H]2C)cc1C. The van der Waals surface area contributed by atoms with Gasteiger partial charge >= 0.3 is 0 Å². The molecule has 0 saturated carbocycles. The fourth-order valence-electron chi connectivity index (χ4n) is 2.60. The van der Waals surface area contributed by atoms with E-state index in [1.54, 1.807) is 0 Å². The number of hydrogen-bond donors (Lipinski definition) is 1. The molecule has 0 spiro atoms. The van der Waals surface area contributed by atoms with Crippen LogP contribution in [0.2, 0.25) is 0 Å². The molecule has 0 bridgehead atoms. The Morgan fingerprint density at radius 1 is 1.32 bits per heavy atom. The highest BCUT2D eigenvalue weighted by Crippen LogP contribution is 2.17. The van der Waals surface area contributed by atoms with E-state index >= 15 is 0 Å². The van der Waals surface area contributed by atoms with Crippen LogP contribution in [0.1, 0.15) is 37.3 Å². The zero-order chi connectivity index (χ0) is 13.8. The summed E-state index contributed by atoms with van der Waals surface area (Å²) in [5, 5.41) is 3.00. The smallest absolute Gasteiger partial charge is 0.238 e. The number of benzene rings is 1. The fraction of sp³-hybridized carbons (Fsp3) is 0.562. The normalized spacial score (nSPS) is 20.3. The Balaban J connectivity index is 1.91. The van der Waals surface area contributed by atoms with Gasteiger partial charge in [0.15, 0.2) is 0 Å². The molecule has 1 heterocycles. The van der Waals surface area contributed by atoms with E-state index in [1.165, 1.54) is 30.4 Å². The molecule has 1 fully saturated rings. The number of likely N-dealkylation sites (tertiary alicyclic amines) is 1. The Labute approximate surface area is 116 Å². The lowest BCUT2D eigenvalue weighted by Crippen LogP contribution is -2.42. The van der Waals surface area contributed by atoms with Crippen LogP contribution in [-0.4, -0.2) is 29.9 Å². The molecule has 2 rings (SSSR count). The van der Waals surface area contributed by atoms with E-state index in [2.05, 4.69) is 37.1 Å². The summed E-state index contributed by atoms with van der Waals surface area (Å²) in [5.74, 6) is 0.0944. The second-order valence-corrected chi connectivity index (χ2v) is 5.66. The molecule has 1 aromatic rings. The minimum absolute atomic E-state index is 0.0944. The van der Waals surface area contributed by atoms with Gasteiger partial charge < -0.3 is 5.32 Å². The summed E-state index contributed by atoms with van der Waals surface area (Å²) in [6, 6.07) is 6.58. The molecule has 1 aliphatic heterocycles. The molecule has 3 nitrogen and oxygen atoms in total. The van der Waals surface area contributed by atoms with Crippen LogP contribution in [0.5, 0.6) is 0 Å². The molecule has 1 saturated heterocycles. The molecule has 1 aromatic carbocycles. The lowest BCUT2D eigenvalue weighted by atomic mass is 10.0. The van der Waals surface area contributed by atoms with Gasteiger partial charge in [-0.2, -0.15) is 0 Å². The summed E-state index contributed by atoms with van der Waals surface area (Å²) in [5.41, 5.74) is 3.37. The summed E-state index contributed by atoms with van der Waals surface area (Å²) in [4.78, 5) is 14.3. The maximum Gasteiger partial charge on any atom is 0.238 e. The standard InChI is InChI=1S/C16H24N2O/c1-12-7-8-15(10-13(12)2)17-16(19)11-18-9-5-4-6-14(18)3/h7-8,10,14H,4-6,9,11H2,1-3H3,(H,17,19)/t14-/m0/s1. The van der Waals surface area contributed by atoms with Crippen molar-refractivity contribution < 1.29 is 4.79 Å². The second kappa shape index (κ2) is 6.20. The minimum Gasteiger partial charge on any atom is -0.325 e. The minimum atomic E-state index is 0.0944. The Kier molecular flexibility index (Phi) is 4.59. The highest BCUT2D eigenvalue weighted by Gasteiger charge is 2.20. The van der Waals surface area contributed by atoms with Gasteiger partial charge in [-0.1, -0.05) is 12.5 Å². The number of hydrogen-bond acceptors (Lipinski definition) is 2. The van der Waals surface area contributed by atoms with E-state index < -0.39 is 0 Å². The third-order valence-corrected chi connectivity index (χ3v) is 4.08. The number of nitrogens with zero attached hydrogens (tertiary/aromatic N) is 1. The second-order valence-electron chi connectivity index (χ2n) is 5.66. The van der Waals surface area contributed by atoms with Crippen molar-refractivity contribution in [2.75, 3.05) is 18.4 Å². The molecule has 104 valence electrons. The first kappa shape index (κ1) is 14.1. The summed E-state index contributed by atoms with van der Waals surface area (Å²) >= 11 is 0. The highest BCUT2D eigenvalue weighted by molar-refractivity contribution is 5.92. The van der Waals surface area contributed by atoms with E-state index in [1.807, 2.05) is 12.1 Å². The van der Waals surface area contributed by atoms with Gasteiger partial charge in [-0.15, -0.1) is 0 Å². The zero-order valence-corrected chi connectivity index (χ0v) is 12.2. The molecule has 0 radical (unpaired) electrons. The van der Waals surface area contributed by atoms with E-state index in [-0.39, 0.29) is 5.91 Å². The van der Waals surface area contributed by atoms with Crippen molar-refractivity contribution in [3.8, 4) is 0 Å². The first-order valence-electron chi connectivity index (χ1n) is 7.17. The zero-order valence-electron chi connectivity index (χ0n) is 12.2. The van der Waals surface area contributed by atoms with Crippen molar-refractivity contribution >= 4 is 11.6 Å². The Morgan fingerprint density at radius 3 is 2.79 bits per heavy atom. The molecule has 1 aliphatic rings. The van der Waals surface area contributed by atoms with Crippen LogP contribution in [0.4, 0.5) is 5.69 Å². The summed E-state index contributed by atoms with van der Waals surface area (Å²) in [6.45, 7) is 7.91. The molecule has 0 aliphatic carbocycles. The highest BCUT2D eigenvalue weighted by atomic mass is 16.2. The number of carbonyl (C=O) groups is 1. The summed E-state index contributed by atoms with van der Waals surface area (Å²) in [6.07, 6.45) is 3.70. The summed E-state index contributed by atoms with van der Waals surface area (Å²) < 4.78 is 0. The largest absolute Gasteiger partial charge is 0.325 e. The molecule has 0 unspecified atom stereocenters. The van der Waals surface area contributed by atoms with Crippen LogP contribution in [0.15, 0.2) is 18.2 Å². The molecular weight excluding hydrogens is 236 g/mol. The van der Waals surface area contributed by atoms with Crippen LogP contribution in [-0.2, 0) is 4.79 Å². The number of piperidine rings is 1. The van der Waals surface area contributed by atoms with E-state index in [4.69, 9.17) is 0 Å². The lowest BCUT2D eigenvalue weighted by Gasteiger charge is -2.32. The van der Waals surface area contributed by atoms with Crippen molar-refractivity contribution in [1.29, 1.82) is 0 Å². The van der Waals surface area contributed by atoms with Crippen LogP contribution >= 0.6 is 0 Å². The van der Waals surface area contributed by atoms with Gasteiger partial charge in [0.25, 0.3) is 0 Å². The first-order chi connectivity index (χ1) is 9.06. The Hall–Kier alpha value is -1.35. The summed E-state index contributed by atoms with van der Waals surface area (Å²) in [7, 11) is 0. The average molecular weight is 260 g/mol. The van der Waals surface area contributed by atoms with Gasteiger partial charge in [-0.25, -0.2) is 0 Å². The van der Waals surface area contributed by atoms with Crippen LogP contribution in [0, 0.1) is 13.8 Å². The van der Waals surface area contributed by atoms with Gasteiger partial charge in [0.1, 0.15) is 0 Å². The number of carbonyl (C=O) groups excluding carboxylic acids is 1. The number of anilines is 1. The fourth-order valence-corrected chi connectivity index (χ4v) is 2.60. The van der Waals surface area contributed by atoms with E-state index in [0.29, 0.717) is 12.6 Å². The number of nitrogens with one attached hydrogen (secondary N) is 1. The molecule has 0 aromatic heterocycles. The quantitative estimate of drug-likeness (QED) is 0.905. The number of aryl methyl sites for hydroxylation is 2. The maximum absolute atomic E-state index is 12.1. The van der Waals surface area contributed by atoms with Gasteiger partial charge in [0.2, 0.25) is 5.91 Å². The number of rotatable bonds is 3. The lowest BCUT2D eigenvalue weighted by molar-refractivity contribution is -0.118. The predicted molar refractivity (Wildman–Crippen MR) is 79.4 cm³/mol. The topological polar surface area (TPSA) is 32.3 Å². The van der Waals surface area contributed by atoms with Crippen molar-refractivity contribution in [3.63, 3.8) is 0 Å². The first-order valence-corrected chi connectivity index (χ1v) is 7.17. The molecule has 1 amide bonds. The van der Waals surface area contributed by atoms with Crippen LogP contribution in [0.25, 0.3) is 0 Å². The van der Waals surface area contributed by atoms with Crippen molar-refractivity contribution in [1.82, 2.24) is 4.90 Å². The monoisotopic (exact) mass is 260 g/mol. The van der Waals surface area contributed by atoms with E-state index in [9.17, 15) is 4.79 Å². The average Bonchev–Trinajstić information content (AvgIpc) is 2.37.